The molecule has 0 amide bonds. The Hall–Kier alpha value is -0.580. The van der Waals surface area contributed by atoms with Gasteiger partial charge in [-0.05, 0) is 47.1 Å². The predicted octanol–water partition coefficient (Wildman–Crippen LogP) is 7.52. The van der Waals surface area contributed by atoms with Gasteiger partial charge in [0, 0.05) is 26.2 Å². The van der Waals surface area contributed by atoms with E-state index in [4.69, 9.17) is 28.2 Å². The minimum absolute atomic E-state index is 0.178. The van der Waals surface area contributed by atoms with E-state index in [9.17, 15) is 0 Å². The summed E-state index contributed by atoms with van der Waals surface area (Å²) in [4.78, 5) is 4.84. The molecular weight excluding hydrogens is 452 g/mol. The lowest BCUT2D eigenvalue weighted by molar-refractivity contribution is 0.729. The number of benzene rings is 2. The Morgan fingerprint density at radius 3 is 2.33 bits per heavy atom. The maximum absolute atomic E-state index is 6.79. The topological polar surface area (TPSA) is 12.4 Å². The van der Waals surface area contributed by atoms with Crippen LogP contribution in [0, 0.1) is 3.57 Å². The molecule has 4 heteroatoms. The third-order valence-corrected chi connectivity index (χ3v) is 7.06. The van der Waals surface area contributed by atoms with Crippen molar-refractivity contribution in [2.24, 2.45) is 4.99 Å². The van der Waals surface area contributed by atoms with E-state index in [2.05, 4.69) is 74.6 Å². The minimum Gasteiger partial charge on any atom is -0.256 e. The van der Waals surface area contributed by atoms with E-state index in [1.165, 1.54) is 5.56 Å². The zero-order chi connectivity index (χ0) is 17.6. The number of hydrogen-bond donors (Lipinski definition) is 0. The second-order valence-corrected chi connectivity index (χ2v) is 8.61. The van der Waals surface area contributed by atoms with E-state index in [0.717, 1.165) is 32.5 Å². The number of aliphatic imine (C=N–C) groups is 1. The van der Waals surface area contributed by atoms with Crippen LogP contribution < -0.4 is 0 Å². The third kappa shape index (κ3) is 2.71. The molecule has 0 N–H and O–H groups in total. The van der Waals surface area contributed by atoms with Gasteiger partial charge in [-0.15, -0.1) is 0 Å². The van der Waals surface area contributed by atoms with E-state index < -0.39 is 0 Å². The molecule has 0 aliphatic carbocycles. The van der Waals surface area contributed by atoms with Crippen molar-refractivity contribution < 1.29 is 0 Å². The average Bonchev–Trinajstić information content (AvgIpc) is 2.80. The molecule has 0 bridgehead atoms. The normalized spacial score (nSPS) is 16.7. The van der Waals surface area contributed by atoms with Gasteiger partial charge in [0.05, 0.1) is 15.7 Å². The molecule has 2 aromatic rings. The second kappa shape index (κ2) is 6.62. The molecule has 1 nitrogen and oxygen atoms in total. The Bertz CT molecular complexity index is 826. The van der Waals surface area contributed by atoms with Crippen molar-refractivity contribution in [2.75, 3.05) is 0 Å². The first-order chi connectivity index (χ1) is 11.3. The van der Waals surface area contributed by atoms with E-state index in [1.54, 1.807) is 0 Å². The van der Waals surface area contributed by atoms with E-state index in [0.29, 0.717) is 10.0 Å². The van der Waals surface area contributed by atoms with Crippen LogP contribution in [0.15, 0.2) is 35.3 Å². The number of rotatable bonds is 3. The quantitative estimate of drug-likeness (QED) is 0.324. The average molecular weight is 472 g/mol. The Balaban J connectivity index is 2.29. The summed E-state index contributed by atoms with van der Waals surface area (Å²) in [6.07, 6.45) is 0.959. The summed E-state index contributed by atoms with van der Waals surface area (Å²) in [6.45, 7) is 8.56. The Morgan fingerprint density at radius 1 is 1.12 bits per heavy atom. The summed E-state index contributed by atoms with van der Waals surface area (Å²) in [6, 6.07) is 10.5. The second-order valence-electron chi connectivity index (χ2n) is 6.77. The lowest BCUT2D eigenvalue weighted by atomic mass is 9.80. The van der Waals surface area contributed by atoms with Crippen molar-refractivity contribution in [2.45, 2.75) is 45.4 Å². The van der Waals surface area contributed by atoms with Crippen LogP contribution in [-0.2, 0) is 5.41 Å². The molecule has 0 radical (unpaired) electrons. The van der Waals surface area contributed by atoms with Crippen molar-refractivity contribution in [3.05, 3.63) is 60.6 Å². The number of hydrogen-bond acceptors (Lipinski definition) is 1. The standard InChI is InChI=1S/C20H20Cl2IN/c1-5-13(12-9-7-6-8-10-12)14-16(21)17(22)15-19(18(14)23)24-11(2)20(15,3)4/h6-10,13H,5H2,1-4H3. The monoisotopic (exact) mass is 471 g/mol. The van der Waals surface area contributed by atoms with Crippen molar-refractivity contribution >= 4 is 57.2 Å². The number of halogens is 3. The minimum atomic E-state index is -0.178. The molecule has 2 aromatic carbocycles. The Labute approximate surface area is 167 Å². The van der Waals surface area contributed by atoms with Gasteiger partial charge in [0.2, 0.25) is 0 Å². The summed E-state index contributed by atoms with van der Waals surface area (Å²) >= 11 is 15.9. The molecule has 1 aliphatic heterocycles. The highest BCUT2D eigenvalue weighted by Crippen LogP contribution is 2.53. The third-order valence-electron chi connectivity index (χ3n) is 5.10. The highest BCUT2D eigenvalue weighted by atomic mass is 127. The SMILES string of the molecule is CCC(c1ccccc1)c1c(Cl)c(Cl)c2c(c1I)N=C(C)C2(C)C. The molecule has 1 atom stereocenters. The van der Waals surface area contributed by atoms with Crippen LogP contribution in [0.25, 0.3) is 0 Å². The van der Waals surface area contributed by atoms with Crippen molar-refractivity contribution in [1.29, 1.82) is 0 Å². The molecule has 1 heterocycles. The first kappa shape index (κ1) is 18.2. The van der Waals surface area contributed by atoms with Crippen LogP contribution in [0.1, 0.15) is 56.7 Å². The Kier molecular flexibility index (Phi) is 5.03. The number of nitrogens with zero attached hydrogens (tertiary/aromatic N) is 1. The van der Waals surface area contributed by atoms with E-state index in [-0.39, 0.29) is 11.3 Å². The van der Waals surface area contributed by atoms with Gasteiger partial charge in [0.1, 0.15) is 0 Å². The largest absolute Gasteiger partial charge is 0.256 e. The lowest BCUT2D eigenvalue weighted by Gasteiger charge is -2.26. The fourth-order valence-electron chi connectivity index (χ4n) is 3.43. The molecule has 126 valence electrons. The zero-order valence-electron chi connectivity index (χ0n) is 14.3. The summed E-state index contributed by atoms with van der Waals surface area (Å²) in [7, 11) is 0. The van der Waals surface area contributed by atoms with Gasteiger partial charge in [-0.3, -0.25) is 4.99 Å². The molecule has 3 rings (SSSR count). The van der Waals surface area contributed by atoms with Gasteiger partial charge in [0.25, 0.3) is 0 Å². The predicted molar refractivity (Wildman–Crippen MR) is 114 cm³/mol. The van der Waals surface area contributed by atoms with E-state index >= 15 is 0 Å². The first-order valence-electron chi connectivity index (χ1n) is 8.12. The van der Waals surface area contributed by atoms with Crippen LogP contribution in [0.2, 0.25) is 10.0 Å². The van der Waals surface area contributed by atoms with Crippen molar-refractivity contribution in [1.82, 2.24) is 0 Å². The van der Waals surface area contributed by atoms with Crippen LogP contribution >= 0.6 is 45.8 Å². The van der Waals surface area contributed by atoms with Crippen LogP contribution in [0.3, 0.4) is 0 Å². The molecule has 24 heavy (non-hydrogen) atoms. The molecule has 0 fully saturated rings. The number of fused-ring (bicyclic) bond motifs is 1. The first-order valence-corrected chi connectivity index (χ1v) is 9.95. The fourth-order valence-corrected chi connectivity index (χ4v) is 5.37. The highest BCUT2D eigenvalue weighted by Gasteiger charge is 2.39. The maximum atomic E-state index is 6.79. The zero-order valence-corrected chi connectivity index (χ0v) is 17.9. The summed E-state index contributed by atoms with van der Waals surface area (Å²) < 4.78 is 1.12. The fraction of sp³-hybridized carbons (Fsp3) is 0.350. The van der Waals surface area contributed by atoms with Gasteiger partial charge in [-0.25, -0.2) is 0 Å². The summed E-state index contributed by atoms with van der Waals surface area (Å²) in [5.74, 6) is 0.215. The van der Waals surface area contributed by atoms with Gasteiger partial charge in [-0.1, -0.05) is 74.3 Å². The maximum Gasteiger partial charge on any atom is 0.0822 e. The van der Waals surface area contributed by atoms with Gasteiger partial charge in [-0.2, -0.15) is 0 Å². The highest BCUT2D eigenvalue weighted by molar-refractivity contribution is 14.1. The van der Waals surface area contributed by atoms with Crippen LogP contribution in [0.5, 0.6) is 0 Å². The summed E-state index contributed by atoms with van der Waals surface area (Å²) in [5, 5.41) is 1.33. The van der Waals surface area contributed by atoms with Gasteiger partial charge >= 0.3 is 0 Å². The molecule has 0 saturated carbocycles. The van der Waals surface area contributed by atoms with Gasteiger partial charge < -0.3 is 0 Å². The smallest absolute Gasteiger partial charge is 0.0822 e. The molecule has 0 aromatic heterocycles. The molecular formula is C20H20Cl2IN. The molecule has 1 aliphatic rings. The van der Waals surface area contributed by atoms with Crippen molar-refractivity contribution in [3.8, 4) is 0 Å². The Morgan fingerprint density at radius 2 is 1.75 bits per heavy atom. The summed E-state index contributed by atoms with van der Waals surface area (Å²) in [5.41, 5.74) is 5.32. The lowest BCUT2D eigenvalue weighted by Crippen LogP contribution is -2.23. The van der Waals surface area contributed by atoms with Crippen LogP contribution in [0.4, 0.5) is 5.69 Å². The van der Waals surface area contributed by atoms with Gasteiger partial charge in [0.15, 0.2) is 0 Å². The molecule has 0 spiro atoms. The molecule has 1 unspecified atom stereocenters. The van der Waals surface area contributed by atoms with Crippen molar-refractivity contribution in [3.63, 3.8) is 0 Å². The van der Waals surface area contributed by atoms with E-state index in [1.807, 2.05) is 6.07 Å². The molecule has 0 saturated heterocycles. The van der Waals surface area contributed by atoms with Crippen LogP contribution in [-0.4, -0.2) is 5.71 Å².